The standard InChI is InChI=1S/C14H15N5OS/c1-7-16-17-14-19(7)18-12-8-4-2-3-5-9(8)13(20)11(12)10(6-15)21-14/h8-9,12,18H,2-5H2,1H3. The van der Waals surface area contributed by atoms with Crippen LogP contribution in [0, 0.1) is 30.1 Å². The average Bonchev–Trinajstić information content (AvgIpc) is 2.91. The van der Waals surface area contributed by atoms with E-state index >= 15 is 0 Å². The molecule has 108 valence electrons. The predicted octanol–water partition coefficient (Wildman–Crippen LogP) is 1.77. The van der Waals surface area contributed by atoms with Crippen LogP contribution in [0.3, 0.4) is 0 Å². The van der Waals surface area contributed by atoms with E-state index in [-0.39, 0.29) is 23.7 Å². The third kappa shape index (κ3) is 1.75. The molecule has 0 bridgehead atoms. The quantitative estimate of drug-likeness (QED) is 0.786. The molecule has 3 unspecified atom stereocenters. The summed E-state index contributed by atoms with van der Waals surface area (Å²) in [6, 6.07) is 2.12. The summed E-state index contributed by atoms with van der Waals surface area (Å²) in [7, 11) is 0. The van der Waals surface area contributed by atoms with Gasteiger partial charge < -0.3 is 5.43 Å². The van der Waals surface area contributed by atoms with Gasteiger partial charge >= 0.3 is 0 Å². The molecule has 1 aromatic heterocycles. The highest BCUT2D eigenvalue weighted by molar-refractivity contribution is 8.03. The van der Waals surface area contributed by atoms with E-state index in [1.165, 1.54) is 11.8 Å². The van der Waals surface area contributed by atoms with Crippen LogP contribution in [0.5, 0.6) is 0 Å². The Morgan fingerprint density at radius 3 is 3.00 bits per heavy atom. The van der Waals surface area contributed by atoms with Crippen LogP contribution in [0.15, 0.2) is 15.6 Å². The topological polar surface area (TPSA) is 83.6 Å². The molecule has 0 radical (unpaired) electrons. The van der Waals surface area contributed by atoms with Crippen molar-refractivity contribution in [3.05, 3.63) is 16.3 Å². The van der Waals surface area contributed by atoms with Gasteiger partial charge in [-0.2, -0.15) is 5.26 Å². The maximum absolute atomic E-state index is 12.7. The van der Waals surface area contributed by atoms with Crippen LogP contribution in [-0.4, -0.2) is 26.7 Å². The molecule has 1 N–H and O–H groups in total. The molecule has 7 heteroatoms. The van der Waals surface area contributed by atoms with Gasteiger partial charge in [-0.05, 0) is 37.4 Å². The van der Waals surface area contributed by atoms with E-state index in [0.29, 0.717) is 15.6 Å². The van der Waals surface area contributed by atoms with Crippen molar-refractivity contribution in [3.63, 3.8) is 0 Å². The lowest BCUT2D eigenvalue weighted by Crippen LogP contribution is -2.35. The Kier molecular flexibility index (Phi) is 2.82. The maximum Gasteiger partial charge on any atom is 0.215 e. The molecule has 2 fully saturated rings. The average molecular weight is 301 g/mol. The zero-order valence-electron chi connectivity index (χ0n) is 11.7. The summed E-state index contributed by atoms with van der Waals surface area (Å²) < 4.78 is 1.82. The van der Waals surface area contributed by atoms with Gasteiger partial charge in [0.2, 0.25) is 5.16 Å². The fraction of sp³-hybridized carbons (Fsp3) is 0.571. The first-order valence-corrected chi connectivity index (χ1v) is 8.07. The number of Topliss-reactive ketones (excluding diaryl/α,β-unsaturated/α-hetero) is 1. The van der Waals surface area contributed by atoms with Crippen LogP contribution in [0.4, 0.5) is 0 Å². The second-order valence-electron chi connectivity index (χ2n) is 5.85. The molecule has 2 saturated carbocycles. The van der Waals surface area contributed by atoms with Crippen LogP contribution in [0.2, 0.25) is 0 Å². The van der Waals surface area contributed by atoms with Crippen molar-refractivity contribution < 1.29 is 4.79 Å². The van der Waals surface area contributed by atoms with Gasteiger partial charge in [0, 0.05) is 11.5 Å². The Bertz CT molecular complexity index is 701. The van der Waals surface area contributed by atoms with Crippen LogP contribution >= 0.6 is 11.8 Å². The molecule has 21 heavy (non-hydrogen) atoms. The van der Waals surface area contributed by atoms with Crippen molar-refractivity contribution in [2.24, 2.45) is 11.8 Å². The van der Waals surface area contributed by atoms with Gasteiger partial charge in [-0.1, -0.05) is 12.8 Å². The second kappa shape index (κ2) is 4.60. The lowest BCUT2D eigenvalue weighted by atomic mass is 9.80. The van der Waals surface area contributed by atoms with Gasteiger partial charge in [0.1, 0.15) is 16.8 Å². The summed E-state index contributed by atoms with van der Waals surface area (Å²) in [4.78, 5) is 13.2. The molecule has 0 amide bonds. The molecule has 3 aliphatic rings. The van der Waals surface area contributed by atoms with Gasteiger partial charge in [0.25, 0.3) is 0 Å². The number of hydrogen-bond acceptors (Lipinski definition) is 6. The van der Waals surface area contributed by atoms with Crippen LogP contribution < -0.4 is 5.43 Å². The number of rotatable bonds is 0. The van der Waals surface area contributed by atoms with Crippen LogP contribution in [0.1, 0.15) is 31.5 Å². The normalized spacial score (nSPS) is 30.9. The minimum absolute atomic E-state index is 0.0773. The summed E-state index contributed by atoms with van der Waals surface area (Å²) in [6.07, 6.45) is 4.25. The van der Waals surface area contributed by atoms with E-state index < -0.39 is 0 Å². The van der Waals surface area contributed by atoms with Crippen molar-refractivity contribution in [1.29, 1.82) is 5.26 Å². The predicted molar refractivity (Wildman–Crippen MR) is 76.9 cm³/mol. The molecular formula is C14H15N5OS. The molecule has 0 saturated heterocycles. The second-order valence-corrected chi connectivity index (χ2v) is 6.83. The van der Waals surface area contributed by atoms with E-state index in [0.717, 1.165) is 31.5 Å². The Hall–Kier alpha value is -1.81. The van der Waals surface area contributed by atoms with Crippen molar-refractivity contribution in [3.8, 4) is 6.07 Å². The molecule has 1 aromatic rings. The number of aromatic nitrogens is 3. The number of carbonyl (C=O) groups excluding carboxylic acids is 1. The van der Waals surface area contributed by atoms with E-state index in [2.05, 4.69) is 21.7 Å². The number of nitrogens with zero attached hydrogens (tertiary/aromatic N) is 4. The monoisotopic (exact) mass is 301 g/mol. The Morgan fingerprint density at radius 1 is 1.38 bits per heavy atom. The van der Waals surface area contributed by atoms with Gasteiger partial charge in [-0.3, -0.25) is 4.79 Å². The number of nitriles is 1. The van der Waals surface area contributed by atoms with Gasteiger partial charge in [-0.15, -0.1) is 10.2 Å². The van der Waals surface area contributed by atoms with Gasteiger partial charge in [0.05, 0.1) is 6.04 Å². The molecule has 0 spiro atoms. The molecule has 0 aromatic carbocycles. The highest BCUT2D eigenvalue weighted by atomic mass is 32.2. The highest BCUT2D eigenvalue weighted by Gasteiger charge is 2.50. The summed E-state index contributed by atoms with van der Waals surface area (Å²) in [5.74, 6) is 1.28. The number of allylic oxidation sites excluding steroid dienone is 1. The first kappa shape index (κ1) is 12.9. The number of aryl methyl sites for hydroxylation is 1. The minimum Gasteiger partial charge on any atom is -0.314 e. The molecule has 1 aliphatic heterocycles. The number of hydrogen-bond donors (Lipinski definition) is 1. The van der Waals surface area contributed by atoms with Gasteiger partial charge in [0.15, 0.2) is 5.78 Å². The van der Waals surface area contributed by atoms with Gasteiger partial charge in [-0.25, -0.2) is 4.68 Å². The molecule has 4 rings (SSSR count). The zero-order valence-corrected chi connectivity index (χ0v) is 12.5. The largest absolute Gasteiger partial charge is 0.314 e. The molecule has 2 heterocycles. The third-order valence-electron chi connectivity index (χ3n) is 4.76. The molecule has 6 nitrogen and oxygen atoms in total. The Balaban J connectivity index is 1.86. The smallest absolute Gasteiger partial charge is 0.215 e. The number of nitrogens with one attached hydrogen (secondary N) is 1. The molecular weight excluding hydrogens is 286 g/mol. The fourth-order valence-electron chi connectivity index (χ4n) is 3.79. The van der Waals surface area contributed by atoms with Crippen LogP contribution in [0.25, 0.3) is 0 Å². The number of fused-ring (bicyclic) bond motifs is 4. The minimum atomic E-state index is -0.0825. The number of thioether (sulfide) groups is 1. The summed E-state index contributed by atoms with van der Waals surface area (Å²) in [6.45, 7) is 1.87. The first-order chi connectivity index (χ1) is 10.2. The summed E-state index contributed by atoms with van der Waals surface area (Å²) >= 11 is 1.25. The number of carbonyl (C=O) groups is 1. The van der Waals surface area contributed by atoms with E-state index in [1.54, 1.807) is 0 Å². The Labute approximate surface area is 126 Å². The van der Waals surface area contributed by atoms with E-state index in [4.69, 9.17) is 0 Å². The maximum atomic E-state index is 12.7. The Morgan fingerprint density at radius 2 is 2.19 bits per heavy atom. The van der Waals surface area contributed by atoms with Crippen LogP contribution in [-0.2, 0) is 4.79 Å². The molecule has 3 atom stereocenters. The lowest BCUT2D eigenvalue weighted by molar-refractivity contribution is -0.119. The summed E-state index contributed by atoms with van der Waals surface area (Å²) in [5.41, 5.74) is 4.08. The van der Waals surface area contributed by atoms with E-state index in [9.17, 15) is 10.1 Å². The third-order valence-corrected chi connectivity index (χ3v) is 5.73. The zero-order chi connectivity index (χ0) is 14.6. The first-order valence-electron chi connectivity index (χ1n) is 7.25. The fourth-order valence-corrected chi connectivity index (χ4v) is 4.71. The van der Waals surface area contributed by atoms with Crippen molar-refractivity contribution in [2.45, 2.75) is 43.8 Å². The number of ketones is 1. The lowest BCUT2D eigenvalue weighted by Gasteiger charge is -2.28. The summed E-state index contributed by atoms with van der Waals surface area (Å²) in [5, 5.41) is 18.3. The highest BCUT2D eigenvalue weighted by Crippen LogP contribution is 2.47. The van der Waals surface area contributed by atoms with Crippen molar-refractivity contribution in [2.75, 3.05) is 5.43 Å². The van der Waals surface area contributed by atoms with Crippen molar-refractivity contribution in [1.82, 2.24) is 14.9 Å². The van der Waals surface area contributed by atoms with E-state index in [1.807, 2.05) is 11.6 Å². The van der Waals surface area contributed by atoms with Crippen molar-refractivity contribution >= 4 is 17.5 Å². The SMILES string of the molecule is Cc1nnc2n1NC1C(=C(C#N)S2)C(=O)C2CCCCC21. The molecule has 2 aliphatic carbocycles.